The van der Waals surface area contributed by atoms with E-state index in [4.69, 9.17) is 4.74 Å². The first-order valence-corrected chi connectivity index (χ1v) is 7.59. The van der Waals surface area contributed by atoms with Gasteiger partial charge in [-0.25, -0.2) is 0 Å². The number of hydrogen-bond donors (Lipinski definition) is 3. The molecule has 0 unspecified atom stereocenters. The summed E-state index contributed by atoms with van der Waals surface area (Å²) in [7, 11) is 0. The number of benzene rings is 2. The van der Waals surface area contributed by atoms with Gasteiger partial charge in [0, 0.05) is 17.2 Å². The van der Waals surface area contributed by atoms with Gasteiger partial charge in [-0.05, 0) is 31.5 Å². The molecule has 24 heavy (non-hydrogen) atoms. The number of aromatic hydroxyl groups is 3. The fourth-order valence-electron chi connectivity index (χ4n) is 2.51. The minimum absolute atomic E-state index is 0.00531. The molecule has 2 aromatic carbocycles. The van der Waals surface area contributed by atoms with Crippen LogP contribution in [-0.4, -0.2) is 19.9 Å². The number of phenolic OH excluding ortho intramolecular Hbond substituents is 1. The van der Waals surface area contributed by atoms with E-state index in [1.165, 1.54) is 10.6 Å². The molecular weight excluding hydrogens is 306 g/mol. The third-order valence-electron chi connectivity index (χ3n) is 4.10. The molecule has 3 N–H and O–H groups in total. The Hall–Kier alpha value is -3.08. The summed E-state index contributed by atoms with van der Waals surface area (Å²) in [6, 6.07) is 14.3. The van der Waals surface area contributed by atoms with Crippen LogP contribution >= 0.6 is 0 Å². The van der Waals surface area contributed by atoms with E-state index in [1.807, 2.05) is 30.3 Å². The van der Waals surface area contributed by atoms with Gasteiger partial charge in [-0.1, -0.05) is 30.3 Å². The van der Waals surface area contributed by atoms with Gasteiger partial charge in [-0.2, -0.15) is 0 Å². The van der Waals surface area contributed by atoms with E-state index in [0.29, 0.717) is 23.4 Å². The van der Waals surface area contributed by atoms with Crippen molar-refractivity contribution in [2.24, 2.45) is 0 Å². The molecule has 0 aliphatic carbocycles. The fraction of sp³-hybridized carbons (Fsp3) is 0.158. The van der Waals surface area contributed by atoms with Gasteiger partial charge >= 0.3 is 0 Å². The first-order valence-electron chi connectivity index (χ1n) is 7.59. The lowest BCUT2D eigenvalue weighted by molar-refractivity contribution is 0.288. The maximum absolute atomic E-state index is 10.2. The molecule has 0 amide bonds. The van der Waals surface area contributed by atoms with Crippen molar-refractivity contribution in [3.05, 3.63) is 65.2 Å². The fourth-order valence-corrected chi connectivity index (χ4v) is 2.51. The number of rotatable bonds is 4. The van der Waals surface area contributed by atoms with Crippen molar-refractivity contribution in [3.8, 4) is 28.9 Å². The molecular formula is C19H19NO4. The first kappa shape index (κ1) is 15.8. The van der Waals surface area contributed by atoms with Crippen molar-refractivity contribution < 1.29 is 20.1 Å². The lowest BCUT2D eigenvalue weighted by atomic mass is 10.2. The Balaban J connectivity index is 1.94. The summed E-state index contributed by atoms with van der Waals surface area (Å²) in [5, 5.41) is 30.4. The zero-order valence-electron chi connectivity index (χ0n) is 13.5. The van der Waals surface area contributed by atoms with Gasteiger partial charge in [0.05, 0.1) is 5.69 Å². The zero-order chi connectivity index (χ0) is 17.3. The molecule has 0 spiro atoms. The van der Waals surface area contributed by atoms with Gasteiger partial charge in [-0.3, -0.25) is 4.57 Å². The molecule has 5 nitrogen and oxygen atoms in total. The van der Waals surface area contributed by atoms with Crippen molar-refractivity contribution >= 4 is 0 Å². The monoisotopic (exact) mass is 325 g/mol. The van der Waals surface area contributed by atoms with Crippen LogP contribution < -0.4 is 4.74 Å². The first-order chi connectivity index (χ1) is 11.5. The van der Waals surface area contributed by atoms with Crippen LogP contribution in [0.1, 0.15) is 16.7 Å². The molecule has 0 radical (unpaired) electrons. The van der Waals surface area contributed by atoms with E-state index in [0.717, 1.165) is 5.56 Å². The molecule has 0 aliphatic heterocycles. The molecule has 0 bridgehead atoms. The van der Waals surface area contributed by atoms with Crippen LogP contribution in [0.4, 0.5) is 0 Å². The largest absolute Gasteiger partial charge is 0.504 e. The Bertz CT molecular complexity index is 843. The number of aromatic nitrogens is 1. The third-order valence-corrected chi connectivity index (χ3v) is 4.10. The van der Waals surface area contributed by atoms with Crippen LogP contribution in [0.2, 0.25) is 0 Å². The molecule has 0 saturated carbocycles. The van der Waals surface area contributed by atoms with Crippen LogP contribution in [0.3, 0.4) is 0 Å². The highest BCUT2D eigenvalue weighted by atomic mass is 16.5. The predicted molar refractivity (Wildman–Crippen MR) is 91.0 cm³/mol. The van der Waals surface area contributed by atoms with Crippen LogP contribution in [0.15, 0.2) is 48.5 Å². The van der Waals surface area contributed by atoms with Crippen molar-refractivity contribution in [3.63, 3.8) is 0 Å². The van der Waals surface area contributed by atoms with E-state index < -0.39 is 0 Å². The number of nitrogens with zero attached hydrogens (tertiary/aromatic N) is 1. The average Bonchev–Trinajstić information content (AvgIpc) is 2.79. The second-order valence-electron chi connectivity index (χ2n) is 5.66. The third kappa shape index (κ3) is 2.76. The van der Waals surface area contributed by atoms with Crippen molar-refractivity contribution in [2.75, 3.05) is 0 Å². The van der Waals surface area contributed by atoms with E-state index in [9.17, 15) is 15.3 Å². The summed E-state index contributed by atoms with van der Waals surface area (Å²) < 4.78 is 6.99. The molecule has 5 heteroatoms. The molecule has 124 valence electrons. The Morgan fingerprint density at radius 1 is 0.875 bits per heavy atom. The summed E-state index contributed by atoms with van der Waals surface area (Å²) in [4.78, 5) is 0. The predicted octanol–water partition coefficient (Wildman–Crippen LogP) is 3.79. The highest BCUT2D eigenvalue weighted by molar-refractivity contribution is 5.55. The Morgan fingerprint density at radius 2 is 1.50 bits per heavy atom. The Labute approximate surface area is 140 Å². The smallest absolute Gasteiger partial charge is 0.201 e. The Morgan fingerprint density at radius 3 is 2.12 bits per heavy atom. The molecule has 0 aliphatic rings. The van der Waals surface area contributed by atoms with E-state index in [2.05, 4.69) is 0 Å². The molecule has 0 atom stereocenters. The molecule has 1 aromatic heterocycles. The number of hydrogen-bond acceptors (Lipinski definition) is 4. The zero-order valence-corrected chi connectivity index (χ0v) is 13.5. The Kier molecular flexibility index (Phi) is 4.08. The second-order valence-corrected chi connectivity index (χ2v) is 5.66. The molecule has 3 rings (SSSR count). The molecule has 1 heterocycles. The lowest BCUT2D eigenvalue weighted by Gasteiger charge is -2.12. The van der Waals surface area contributed by atoms with Crippen LogP contribution in [-0.2, 0) is 6.61 Å². The molecule has 0 saturated heterocycles. The van der Waals surface area contributed by atoms with E-state index in [-0.39, 0.29) is 23.3 Å². The average molecular weight is 325 g/mol. The summed E-state index contributed by atoms with van der Waals surface area (Å²) in [6.45, 7) is 3.77. The van der Waals surface area contributed by atoms with Crippen LogP contribution in [0, 0.1) is 13.8 Å². The highest BCUT2D eigenvalue weighted by Crippen LogP contribution is 2.38. The standard InChI is InChI=1S/C19H19NO4/c1-12-13(2)19(23)20(18(12)22)15-8-9-16(21)17(10-15)24-11-14-6-4-3-5-7-14/h3-10,21-23H,11H2,1-2H3. The summed E-state index contributed by atoms with van der Waals surface area (Å²) in [5.74, 6) is 0.197. The van der Waals surface area contributed by atoms with Crippen LogP contribution in [0.5, 0.6) is 23.3 Å². The second kappa shape index (κ2) is 6.20. The minimum atomic E-state index is -0.0373. The summed E-state index contributed by atoms with van der Waals surface area (Å²) >= 11 is 0. The SMILES string of the molecule is Cc1c(C)c(O)n(-c2ccc(O)c(OCc3ccccc3)c2)c1O. The lowest BCUT2D eigenvalue weighted by Crippen LogP contribution is -1.98. The van der Waals surface area contributed by atoms with Gasteiger partial charge in [0.25, 0.3) is 0 Å². The number of phenols is 1. The van der Waals surface area contributed by atoms with E-state index >= 15 is 0 Å². The highest BCUT2D eigenvalue weighted by Gasteiger charge is 2.18. The van der Waals surface area contributed by atoms with Gasteiger partial charge in [0.1, 0.15) is 6.61 Å². The quantitative estimate of drug-likeness (QED) is 0.682. The van der Waals surface area contributed by atoms with Gasteiger partial charge < -0.3 is 20.1 Å². The minimum Gasteiger partial charge on any atom is -0.504 e. The molecule has 0 fully saturated rings. The topological polar surface area (TPSA) is 74.9 Å². The van der Waals surface area contributed by atoms with Crippen molar-refractivity contribution in [1.29, 1.82) is 0 Å². The van der Waals surface area contributed by atoms with Gasteiger partial charge in [0.2, 0.25) is 11.8 Å². The summed E-state index contributed by atoms with van der Waals surface area (Å²) in [6.07, 6.45) is 0. The molecule has 3 aromatic rings. The van der Waals surface area contributed by atoms with Crippen LogP contribution in [0.25, 0.3) is 5.69 Å². The maximum atomic E-state index is 10.2. The van der Waals surface area contributed by atoms with Gasteiger partial charge in [0.15, 0.2) is 11.5 Å². The summed E-state index contributed by atoms with van der Waals surface area (Å²) in [5.41, 5.74) is 2.68. The normalized spacial score (nSPS) is 10.8. The van der Waals surface area contributed by atoms with Gasteiger partial charge in [-0.15, -0.1) is 0 Å². The maximum Gasteiger partial charge on any atom is 0.201 e. The van der Waals surface area contributed by atoms with Crippen molar-refractivity contribution in [1.82, 2.24) is 4.57 Å². The van der Waals surface area contributed by atoms with E-state index in [1.54, 1.807) is 26.0 Å². The van der Waals surface area contributed by atoms with Crippen molar-refractivity contribution in [2.45, 2.75) is 20.5 Å². The number of ether oxygens (including phenoxy) is 1.